The van der Waals surface area contributed by atoms with Crippen LogP contribution in [0.15, 0.2) is 46.9 Å². The Labute approximate surface area is 129 Å². The van der Waals surface area contributed by atoms with Gasteiger partial charge in [-0.1, -0.05) is 40.2 Å². The van der Waals surface area contributed by atoms with Crippen molar-refractivity contribution in [2.24, 2.45) is 0 Å². The van der Waals surface area contributed by atoms with Crippen LogP contribution >= 0.6 is 15.9 Å². The molecule has 1 atom stereocenters. The predicted octanol–water partition coefficient (Wildman–Crippen LogP) is 5.22. The van der Waals surface area contributed by atoms with Crippen molar-refractivity contribution < 1.29 is 13.2 Å². The second-order valence-electron chi connectivity index (χ2n) is 5.17. The highest BCUT2D eigenvalue weighted by Gasteiger charge is 2.33. The molecule has 0 bridgehead atoms. The van der Waals surface area contributed by atoms with Gasteiger partial charge in [-0.2, -0.15) is 13.2 Å². The van der Waals surface area contributed by atoms with Gasteiger partial charge in [0.1, 0.15) is 0 Å². The van der Waals surface area contributed by atoms with Crippen LogP contribution in [0.5, 0.6) is 0 Å². The normalized spacial score (nSPS) is 17.0. The van der Waals surface area contributed by atoms with Gasteiger partial charge in [-0.3, -0.25) is 0 Å². The molecular weight excluding hydrogens is 343 g/mol. The van der Waals surface area contributed by atoms with E-state index in [-0.39, 0.29) is 4.47 Å². The lowest BCUT2D eigenvalue weighted by atomic mass is 9.77. The third-order valence-electron chi connectivity index (χ3n) is 3.79. The first-order valence-corrected chi connectivity index (χ1v) is 7.43. The molecule has 0 fully saturated rings. The summed E-state index contributed by atoms with van der Waals surface area (Å²) in [7, 11) is 0. The zero-order chi connectivity index (χ0) is 15.0. The topological polar surface area (TPSA) is 12.0 Å². The van der Waals surface area contributed by atoms with E-state index in [4.69, 9.17) is 0 Å². The highest BCUT2D eigenvalue weighted by Crippen LogP contribution is 2.37. The Bertz CT molecular complexity index is 667. The van der Waals surface area contributed by atoms with Gasteiger partial charge in [0.15, 0.2) is 0 Å². The number of nitrogens with one attached hydrogen (secondary N) is 1. The molecule has 0 aliphatic heterocycles. The highest BCUT2D eigenvalue weighted by atomic mass is 79.9. The Kier molecular flexibility index (Phi) is 3.69. The number of hydrogen-bond donors (Lipinski definition) is 1. The molecule has 2 aromatic carbocycles. The molecule has 1 nitrogen and oxygen atoms in total. The van der Waals surface area contributed by atoms with Crippen molar-refractivity contribution in [3.63, 3.8) is 0 Å². The average molecular weight is 356 g/mol. The van der Waals surface area contributed by atoms with Gasteiger partial charge in [-0.05, 0) is 35.7 Å². The Morgan fingerprint density at radius 2 is 1.90 bits per heavy atom. The number of fused-ring (bicyclic) bond motifs is 1. The molecule has 0 aromatic heterocycles. The van der Waals surface area contributed by atoms with Crippen LogP contribution in [0.2, 0.25) is 0 Å². The number of halogens is 4. The summed E-state index contributed by atoms with van der Waals surface area (Å²) in [6.45, 7) is 0.649. The van der Waals surface area contributed by atoms with Gasteiger partial charge < -0.3 is 5.32 Å². The van der Waals surface area contributed by atoms with Gasteiger partial charge >= 0.3 is 6.18 Å². The minimum atomic E-state index is -4.35. The molecule has 0 amide bonds. The van der Waals surface area contributed by atoms with Crippen molar-refractivity contribution in [1.29, 1.82) is 0 Å². The maximum Gasteiger partial charge on any atom is 0.417 e. The van der Waals surface area contributed by atoms with E-state index in [2.05, 4.69) is 33.4 Å². The van der Waals surface area contributed by atoms with E-state index in [1.165, 1.54) is 17.2 Å². The fraction of sp³-hybridized carbons (Fsp3) is 0.250. The predicted molar refractivity (Wildman–Crippen MR) is 80.5 cm³/mol. The van der Waals surface area contributed by atoms with Crippen molar-refractivity contribution in [2.75, 3.05) is 11.9 Å². The summed E-state index contributed by atoms with van der Waals surface area (Å²) in [4.78, 5) is 0. The lowest BCUT2D eigenvalue weighted by Gasteiger charge is -2.30. The van der Waals surface area contributed by atoms with E-state index in [1.54, 1.807) is 6.07 Å². The van der Waals surface area contributed by atoms with Gasteiger partial charge in [0.25, 0.3) is 0 Å². The molecule has 0 spiro atoms. The van der Waals surface area contributed by atoms with E-state index in [9.17, 15) is 13.2 Å². The minimum absolute atomic E-state index is 0.0644. The third kappa shape index (κ3) is 2.93. The molecule has 1 aliphatic carbocycles. The van der Waals surface area contributed by atoms with Crippen molar-refractivity contribution in [3.05, 3.63) is 63.6 Å². The zero-order valence-electron chi connectivity index (χ0n) is 11.0. The average Bonchev–Trinajstić information content (AvgIpc) is 2.40. The standard InChI is InChI=1S/C16H13BrF3N/c17-15-6-5-12(8-14(15)16(18,19)20)21-9-11-7-10-3-1-2-4-13(10)11/h1-6,8,11,21H,7,9H2. The quantitative estimate of drug-likeness (QED) is 0.795. The van der Waals surface area contributed by atoms with Crippen LogP contribution in [0.4, 0.5) is 18.9 Å². The number of anilines is 1. The molecular formula is C16H13BrF3N. The Balaban J connectivity index is 1.70. The maximum atomic E-state index is 12.8. The molecule has 1 unspecified atom stereocenters. The second-order valence-corrected chi connectivity index (χ2v) is 6.03. The van der Waals surface area contributed by atoms with Gasteiger partial charge in [-0.15, -0.1) is 0 Å². The summed E-state index contributed by atoms with van der Waals surface area (Å²) < 4.78 is 38.6. The van der Waals surface area contributed by atoms with Gasteiger partial charge in [-0.25, -0.2) is 0 Å². The van der Waals surface area contributed by atoms with Crippen molar-refractivity contribution in [3.8, 4) is 0 Å². The van der Waals surface area contributed by atoms with Crippen LogP contribution in [-0.4, -0.2) is 6.54 Å². The summed E-state index contributed by atoms with van der Waals surface area (Å²) in [5.41, 5.74) is 2.46. The molecule has 5 heteroatoms. The summed E-state index contributed by atoms with van der Waals surface area (Å²) in [6, 6.07) is 12.4. The van der Waals surface area contributed by atoms with Gasteiger partial charge in [0.2, 0.25) is 0 Å². The second kappa shape index (κ2) is 5.37. The molecule has 1 N–H and O–H groups in total. The monoisotopic (exact) mass is 355 g/mol. The Morgan fingerprint density at radius 3 is 2.62 bits per heavy atom. The largest absolute Gasteiger partial charge is 0.417 e. The first-order chi connectivity index (χ1) is 9.95. The zero-order valence-corrected chi connectivity index (χ0v) is 12.6. The summed E-state index contributed by atoms with van der Waals surface area (Å²) in [5, 5.41) is 3.11. The highest BCUT2D eigenvalue weighted by molar-refractivity contribution is 9.10. The lowest BCUT2D eigenvalue weighted by Crippen LogP contribution is -2.24. The summed E-state index contributed by atoms with van der Waals surface area (Å²) in [5.74, 6) is 0.374. The number of rotatable bonds is 3. The summed E-state index contributed by atoms with van der Waals surface area (Å²) in [6.07, 6.45) is -3.37. The summed E-state index contributed by atoms with van der Waals surface area (Å²) >= 11 is 2.94. The number of alkyl halides is 3. The fourth-order valence-corrected chi connectivity index (χ4v) is 3.11. The van der Waals surface area contributed by atoms with E-state index in [0.29, 0.717) is 18.2 Å². The van der Waals surface area contributed by atoms with Crippen LogP contribution in [0.3, 0.4) is 0 Å². The Hall–Kier alpha value is -1.49. The lowest BCUT2D eigenvalue weighted by molar-refractivity contribution is -0.138. The van der Waals surface area contributed by atoms with E-state index >= 15 is 0 Å². The smallest absolute Gasteiger partial charge is 0.384 e. The van der Waals surface area contributed by atoms with Crippen molar-refractivity contribution >= 4 is 21.6 Å². The van der Waals surface area contributed by atoms with E-state index < -0.39 is 11.7 Å². The van der Waals surface area contributed by atoms with Crippen LogP contribution < -0.4 is 5.32 Å². The van der Waals surface area contributed by atoms with Crippen molar-refractivity contribution in [2.45, 2.75) is 18.5 Å². The molecule has 0 saturated heterocycles. The van der Waals surface area contributed by atoms with Gasteiger partial charge in [0, 0.05) is 22.6 Å². The minimum Gasteiger partial charge on any atom is -0.384 e. The number of hydrogen-bond acceptors (Lipinski definition) is 1. The van der Waals surface area contributed by atoms with Crippen LogP contribution in [-0.2, 0) is 12.6 Å². The van der Waals surface area contributed by atoms with Crippen molar-refractivity contribution in [1.82, 2.24) is 0 Å². The Morgan fingerprint density at radius 1 is 1.14 bits per heavy atom. The van der Waals surface area contributed by atoms with E-state index in [1.807, 2.05) is 12.1 Å². The van der Waals surface area contributed by atoms with Crippen LogP contribution in [0, 0.1) is 0 Å². The van der Waals surface area contributed by atoms with E-state index in [0.717, 1.165) is 12.5 Å². The molecule has 0 heterocycles. The first-order valence-electron chi connectivity index (χ1n) is 6.63. The molecule has 1 aliphatic rings. The number of benzene rings is 2. The third-order valence-corrected chi connectivity index (χ3v) is 4.48. The molecule has 110 valence electrons. The molecule has 2 aromatic rings. The molecule has 0 radical (unpaired) electrons. The van der Waals surface area contributed by atoms with Crippen LogP contribution in [0.1, 0.15) is 22.6 Å². The molecule has 0 saturated carbocycles. The first kappa shape index (κ1) is 14.4. The molecule has 3 rings (SSSR count). The van der Waals surface area contributed by atoms with Crippen LogP contribution in [0.25, 0.3) is 0 Å². The molecule has 21 heavy (non-hydrogen) atoms. The van der Waals surface area contributed by atoms with Gasteiger partial charge in [0.05, 0.1) is 5.56 Å². The maximum absolute atomic E-state index is 12.8. The fourth-order valence-electron chi connectivity index (χ4n) is 2.64. The SMILES string of the molecule is FC(F)(F)c1cc(NCC2Cc3ccccc32)ccc1Br.